The lowest BCUT2D eigenvalue weighted by molar-refractivity contribution is -0.0000758. The van der Waals surface area contributed by atoms with Crippen LogP contribution in [0.2, 0.25) is 0 Å². The van der Waals surface area contributed by atoms with Crippen molar-refractivity contribution in [3.05, 3.63) is 0 Å². The highest BCUT2D eigenvalue weighted by atomic mass is 35.5. The number of carbonyl (C=O) groups is 1. The molecule has 0 radical (unpaired) electrons. The summed E-state index contributed by atoms with van der Waals surface area (Å²) < 4.78 is 8.80. The van der Waals surface area contributed by atoms with Gasteiger partial charge >= 0.3 is 5.43 Å². The minimum absolute atomic E-state index is 0.0567. The minimum Gasteiger partial charge on any atom is -0.426 e. The second-order valence-electron chi connectivity index (χ2n) is 0.993. The summed E-state index contributed by atoms with van der Waals surface area (Å²) in [6.45, 7) is 2.26. The summed E-state index contributed by atoms with van der Waals surface area (Å²) in [4.78, 5) is 9.78. The highest BCUT2D eigenvalue weighted by Crippen LogP contribution is 1.85. The molecule has 48 valence electrons. The second-order valence-corrected chi connectivity index (χ2v) is 1.30. The van der Waals surface area contributed by atoms with Gasteiger partial charge in [-0.05, 0) is 6.92 Å². The third kappa shape index (κ3) is 5.72. The minimum atomic E-state index is -0.835. The molecule has 0 spiro atoms. The average Bonchev–Trinajstić information content (AvgIpc) is 1.66. The summed E-state index contributed by atoms with van der Waals surface area (Å²) in [5.74, 6) is 0. The highest BCUT2D eigenvalue weighted by molar-refractivity contribution is 6.61. The molecule has 0 atom stereocenters. The third-order valence-corrected chi connectivity index (χ3v) is 0.569. The predicted octanol–water partition coefficient (Wildman–Crippen LogP) is 1.36. The van der Waals surface area contributed by atoms with E-state index in [9.17, 15) is 4.79 Å². The Balaban J connectivity index is 2.82. The number of hydrogen-bond acceptors (Lipinski definition) is 3. The van der Waals surface area contributed by atoms with Crippen LogP contribution in [-0.4, -0.2) is 18.8 Å². The van der Waals surface area contributed by atoms with Gasteiger partial charge in [-0.3, -0.25) is 0 Å². The van der Waals surface area contributed by atoms with Crippen molar-refractivity contribution in [2.75, 3.05) is 13.4 Å². The molecule has 0 saturated heterocycles. The van der Waals surface area contributed by atoms with Gasteiger partial charge in [0.15, 0.2) is 6.79 Å². The maximum Gasteiger partial charge on any atom is 0.405 e. The average molecular weight is 139 g/mol. The van der Waals surface area contributed by atoms with Crippen LogP contribution in [-0.2, 0) is 9.47 Å². The number of hydrogen-bond donors (Lipinski definition) is 0. The maximum atomic E-state index is 9.78. The molecule has 0 unspecified atom stereocenters. The maximum absolute atomic E-state index is 9.78. The van der Waals surface area contributed by atoms with Crippen molar-refractivity contribution in [2.45, 2.75) is 6.92 Å². The first kappa shape index (κ1) is 7.72. The van der Waals surface area contributed by atoms with E-state index in [1.165, 1.54) is 0 Å². The Morgan fingerprint density at radius 3 is 2.75 bits per heavy atom. The Morgan fingerprint density at radius 1 is 1.75 bits per heavy atom. The Bertz CT molecular complexity index is 73.7. The van der Waals surface area contributed by atoms with E-state index in [1.54, 1.807) is 6.92 Å². The normalized spacial score (nSPS) is 8.75. The number of rotatable bonds is 3. The van der Waals surface area contributed by atoms with Crippen molar-refractivity contribution in [1.29, 1.82) is 0 Å². The van der Waals surface area contributed by atoms with Gasteiger partial charge in [0.1, 0.15) is 0 Å². The first-order valence-electron chi connectivity index (χ1n) is 2.17. The van der Waals surface area contributed by atoms with Crippen molar-refractivity contribution in [3.63, 3.8) is 0 Å². The molecular weight excluding hydrogens is 131 g/mol. The van der Waals surface area contributed by atoms with E-state index in [2.05, 4.69) is 9.47 Å². The molecule has 0 aliphatic carbocycles. The van der Waals surface area contributed by atoms with Gasteiger partial charge in [0, 0.05) is 18.2 Å². The predicted molar refractivity (Wildman–Crippen MR) is 28.8 cm³/mol. The molecule has 8 heavy (non-hydrogen) atoms. The largest absolute Gasteiger partial charge is 0.426 e. The first-order chi connectivity index (χ1) is 3.77. The molecule has 0 rings (SSSR count). The fourth-order valence-corrected chi connectivity index (χ4v) is 0.216. The van der Waals surface area contributed by atoms with Crippen LogP contribution < -0.4 is 0 Å². The molecule has 0 aromatic heterocycles. The molecule has 4 heteroatoms. The summed E-state index contributed by atoms with van der Waals surface area (Å²) in [5.41, 5.74) is -0.835. The van der Waals surface area contributed by atoms with Crippen LogP contribution in [0.15, 0.2) is 0 Å². The zero-order chi connectivity index (χ0) is 6.41. The third-order valence-electron chi connectivity index (χ3n) is 0.460. The van der Waals surface area contributed by atoms with Crippen LogP contribution in [0.1, 0.15) is 6.92 Å². The molecule has 0 N–H and O–H groups in total. The summed E-state index contributed by atoms with van der Waals surface area (Å²) in [6.07, 6.45) is 0. The van der Waals surface area contributed by atoms with Crippen molar-refractivity contribution in [3.8, 4) is 0 Å². The van der Waals surface area contributed by atoms with Crippen LogP contribution in [0.3, 0.4) is 0 Å². The fraction of sp³-hybridized carbons (Fsp3) is 0.750. The molecule has 3 nitrogen and oxygen atoms in total. The van der Waals surface area contributed by atoms with E-state index in [0.717, 1.165) is 0 Å². The van der Waals surface area contributed by atoms with Gasteiger partial charge in [-0.15, -0.1) is 0 Å². The van der Waals surface area contributed by atoms with Crippen molar-refractivity contribution >= 4 is 17.0 Å². The molecule has 0 heterocycles. The summed E-state index contributed by atoms with van der Waals surface area (Å²) in [5, 5.41) is 0. The zero-order valence-corrected chi connectivity index (χ0v) is 5.27. The molecule has 0 aliphatic heterocycles. The molecule has 0 amide bonds. The van der Waals surface area contributed by atoms with Crippen LogP contribution in [0.4, 0.5) is 4.79 Å². The van der Waals surface area contributed by atoms with E-state index in [-0.39, 0.29) is 6.79 Å². The van der Waals surface area contributed by atoms with Gasteiger partial charge in [-0.2, -0.15) is 0 Å². The van der Waals surface area contributed by atoms with Gasteiger partial charge in [0.05, 0.1) is 0 Å². The molecule has 0 saturated carbocycles. The van der Waals surface area contributed by atoms with E-state index in [4.69, 9.17) is 11.6 Å². The Kier molecular flexibility index (Phi) is 4.70. The van der Waals surface area contributed by atoms with Crippen LogP contribution in [0, 0.1) is 0 Å². The topological polar surface area (TPSA) is 35.5 Å². The van der Waals surface area contributed by atoms with Gasteiger partial charge in [-0.25, -0.2) is 4.79 Å². The smallest absolute Gasteiger partial charge is 0.405 e. The SMILES string of the molecule is CCOCOC(=O)Cl. The lowest BCUT2D eigenvalue weighted by atomic mass is 10.9. The number of halogens is 1. The first-order valence-corrected chi connectivity index (χ1v) is 2.55. The quantitative estimate of drug-likeness (QED) is 0.336. The van der Waals surface area contributed by atoms with Crippen molar-refractivity contribution < 1.29 is 14.3 Å². The van der Waals surface area contributed by atoms with E-state index < -0.39 is 5.43 Å². The summed E-state index contributed by atoms with van der Waals surface area (Å²) in [6, 6.07) is 0. The van der Waals surface area contributed by atoms with E-state index >= 15 is 0 Å². The van der Waals surface area contributed by atoms with Crippen molar-refractivity contribution in [2.24, 2.45) is 0 Å². The molecule has 0 aromatic carbocycles. The molecule has 0 aliphatic rings. The Morgan fingerprint density at radius 2 is 2.38 bits per heavy atom. The van der Waals surface area contributed by atoms with Crippen LogP contribution in [0.5, 0.6) is 0 Å². The Hall–Kier alpha value is -0.280. The molecule has 0 aromatic rings. The lowest BCUT2D eigenvalue weighted by Crippen LogP contribution is -2.00. The summed E-state index contributed by atoms with van der Waals surface area (Å²) >= 11 is 4.77. The van der Waals surface area contributed by atoms with Crippen LogP contribution in [0.25, 0.3) is 0 Å². The van der Waals surface area contributed by atoms with E-state index in [1.807, 2.05) is 0 Å². The van der Waals surface area contributed by atoms with Gasteiger partial charge in [-0.1, -0.05) is 0 Å². The van der Waals surface area contributed by atoms with E-state index in [0.29, 0.717) is 6.61 Å². The zero-order valence-electron chi connectivity index (χ0n) is 4.52. The highest BCUT2D eigenvalue weighted by Gasteiger charge is 1.90. The fourth-order valence-electron chi connectivity index (χ4n) is 0.171. The lowest BCUT2D eigenvalue weighted by Gasteiger charge is -1.96. The van der Waals surface area contributed by atoms with Gasteiger partial charge in [0.25, 0.3) is 0 Å². The van der Waals surface area contributed by atoms with Crippen molar-refractivity contribution in [1.82, 2.24) is 0 Å². The molecule has 0 fully saturated rings. The van der Waals surface area contributed by atoms with Crippen LogP contribution >= 0.6 is 11.6 Å². The van der Waals surface area contributed by atoms with Gasteiger partial charge in [0.2, 0.25) is 0 Å². The molecule has 0 bridgehead atoms. The van der Waals surface area contributed by atoms with Gasteiger partial charge < -0.3 is 9.47 Å². The molecular formula is C4H7ClO3. The summed E-state index contributed by atoms with van der Waals surface area (Å²) in [7, 11) is 0. The number of carbonyl (C=O) groups excluding carboxylic acids is 1. The monoisotopic (exact) mass is 138 g/mol. The standard InChI is InChI=1S/C4H7ClO3/c1-2-7-3-8-4(5)6/h2-3H2,1H3. The number of ether oxygens (including phenoxy) is 2. The second kappa shape index (κ2) is 4.87. The Labute approximate surface area is 52.5 Å².